The van der Waals surface area contributed by atoms with Crippen molar-refractivity contribution in [3.05, 3.63) is 52.7 Å². The Bertz CT molecular complexity index is 880. The molecule has 1 aliphatic rings. The van der Waals surface area contributed by atoms with Gasteiger partial charge in [0.25, 0.3) is 10.0 Å². The highest BCUT2D eigenvalue weighted by Gasteiger charge is 2.39. The Kier molecular flexibility index (Phi) is 5.21. The topological polar surface area (TPSA) is 66.5 Å². The van der Waals surface area contributed by atoms with Gasteiger partial charge in [0.2, 0.25) is 5.91 Å². The Balaban J connectivity index is 1.73. The summed E-state index contributed by atoms with van der Waals surface area (Å²) in [5.74, 6) is -0.787. The predicted octanol–water partition coefficient (Wildman–Crippen LogP) is 2.67. The van der Waals surface area contributed by atoms with Gasteiger partial charge in [-0.1, -0.05) is 18.2 Å². The molecule has 0 unspecified atom stereocenters. The zero-order chi connectivity index (χ0) is 18.0. The van der Waals surface area contributed by atoms with Gasteiger partial charge in [0.15, 0.2) is 0 Å². The number of benzene rings is 1. The lowest BCUT2D eigenvalue weighted by Crippen LogP contribution is -2.45. The fourth-order valence-corrected chi connectivity index (χ4v) is 5.97. The SMILES string of the molecule is Cc1ccc(S(=O)(=O)N2CCC[C@@H]2C(=O)NCc2ccccc2F)s1. The van der Waals surface area contributed by atoms with Crippen molar-refractivity contribution in [2.45, 2.75) is 36.6 Å². The van der Waals surface area contributed by atoms with Crippen LogP contribution >= 0.6 is 11.3 Å². The standard InChI is InChI=1S/C17H19FN2O3S2/c1-12-8-9-16(24-12)25(22,23)20-10-4-7-15(20)17(21)19-11-13-5-2-3-6-14(13)18/h2-3,5-6,8-9,15H,4,7,10-11H2,1H3,(H,19,21)/t15-/m1/s1. The fraction of sp³-hybridized carbons (Fsp3) is 0.353. The van der Waals surface area contributed by atoms with E-state index in [1.807, 2.05) is 6.92 Å². The van der Waals surface area contributed by atoms with Gasteiger partial charge in [-0.3, -0.25) is 4.79 Å². The van der Waals surface area contributed by atoms with Crippen LogP contribution in [0.5, 0.6) is 0 Å². The number of amides is 1. The van der Waals surface area contributed by atoms with Crippen molar-refractivity contribution in [3.63, 3.8) is 0 Å². The van der Waals surface area contributed by atoms with Crippen molar-refractivity contribution in [2.75, 3.05) is 6.54 Å². The van der Waals surface area contributed by atoms with Crippen LogP contribution in [0.3, 0.4) is 0 Å². The average Bonchev–Trinajstić information content (AvgIpc) is 3.23. The lowest BCUT2D eigenvalue weighted by Gasteiger charge is -2.22. The van der Waals surface area contributed by atoms with Gasteiger partial charge < -0.3 is 5.32 Å². The monoisotopic (exact) mass is 382 g/mol. The maximum Gasteiger partial charge on any atom is 0.253 e. The minimum atomic E-state index is -3.69. The normalized spacial score (nSPS) is 18.4. The summed E-state index contributed by atoms with van der Waals surface area (Å²) in [5, 5.41) is 2.66. The second-order valence-corrected chi connectivity index (χ2v) is 9.35. The number of nitrogens with zero attached hydrogens (tertiary/aromatic N) is 1. The number of halogens is 1. The Labute approximate surface area is 150 Å². The van der Waals surface area contributed by atoms with E-state index in [0.29, 0.717) is 24.9 Å². The molecule has 0 aliphatic carbocycles. The first kappa shape index (κ1) is 18.0. The van der Waals surface area contributed by atoms with Crippen molar-refractivity contribution in [2.24, 2.45) is 0 Å². The molecule has 5 nitrogen and oxygen atoms in total. The van der Waals surface area contributed by atoms with Gasteiger partial charge in [0.05, 0.1) is 0 Å². The highest BCUT2D eigenvalue weighted by atomic mass is 32.2. The van der Waals surface area contributed by atoms with E-state index in [4.69, 9.17) is 0 Å². The molecule has 0 spiro atoms. The number of rotatable bonds is 5. The van der Waals surface area contributed by atoms with Crippen molar-refractivity contribution >= 4 is 27.3 Å². The van der Waals surface area contributed by atoms with E-state index >= 15 is 0 Å². The number of aryl methyl sites for hydroxylation is 1. The van der Waals surface area contributed by atoms with E-state index in [1.54, 1.807) is 30.3 Å². The maximum absolute atomic E-state index is 13.7. The van der Waals surface area contributed by atoms with Crippen molar-refractivity contribution in [1.82, 2.24) is 9.62 Å². The molecule has 0 saturated carbocycles. The molecule has 1 fully saturated rings. The minimum Gasteiger partial charge on any atom is -0.351 e. The van der Waals surface area contributed by atoms with E-state index in [9.17, 15) is 17.6 Å². The van der Waals surface area contributed by atoms with Crippen LogP contribution in [0.2, 0.25) is 0 Å². The van der Waals surface area contributed by atoms with Gasteiger partial charge in [-0.05, 0) is 38.0 Å². The molecule has 25 heavy (non-hydrogen) atoms. The smallest absolute Gasteiger partial charge is 0.253 e. The zero-order valence-electron chi connectivity index (χ0n) is 13.7. The molecular weight excluding hydrogens is 363 g/mol. The third-order valence-corrected chi connectivity index (χ3v) is 7.57. The molecule has 3 rings (SSSR count). The van der Waals surface area contributed by atoms with Crippen molar-refractivity contribution < 1.29 is 17.6 Å². The molecule has 134 valence electrons. The average molecular weight is 382 g/mol. The molecule has 1 N–H and O–H groups in total. The molecule has 0 radical (unpaired) electrons. The molecule has 8 heteroatoms. The number of carbonyl (C=O) groups is 1. The summed E-state index contributed by atoms with van der Waals surface area (Å²) >= 11 is 1.20. The Morgan fingerprint density at radius 3 is 2.76 bits per heavy atom. The molecule has 2 heterocycles. The van der Waals surface area contributed by atoms with Crippen molar-refractivity contribution in [1.29, 1.82) is 0 Å². The summed E-state index contributed by atoms with van der Waals surface area (Å²) < 4.78 is 40.7. The van der Waals surface area contributed by atoms with Gasteiger partial charge in [-0.25, -0.2) is 12.8 Å². The highest BCUT2D eigenvalue weighted by molar-refractivity contribution is 7.91. The Morgan fingerprint density at radius 2 is 2.08 bits per heavy atom. The molecule has 0 bridgehead atoms. The maximum atomic E-state index is 13.7. The molecule has 1 amide bonds. The molecule has 1 aromatic heterocycles. The highest BCUT2D eigenvalue weighted by Crippen LogP contribution is 2.30. The zero-order valence-corrected chi connectivity index (χ0v) is 15.4. The third-order valence-electron chi connectivity index (χ3n) is 4.20. The van der Waals surface area contributed by atoms with E-state index in [0.717, 1.165) is 4.88 Å². The number of hydrogen-bond acceptors (Lipinski definition) is 4. The summed E-state index contributed by atoms with van der Waals surface area (Å²) in [7, 11) is -3.69. The largest absolute Gasteiger partial charge is 0.351 e. The first-order valence-electron chi connectivity index (χ1n) is 7.99. The minimum absolute atomic E-state index is 0.0357. The Morgan fingerprint density at radius 1 is 1.32 bits per heavy atom. The van der Waals surface area contributed by atoms with E-state index in [1.165, 1.54) is 21.7 Å². The van der Waals surface area contributed by atoms with Gasteiger partial charge in [0.1, 0.15) is 16.1 Å². The van der Waals surface area contributed by atoms with Crippen LogP contribution in [-0.2, 0) is 21.4 Å². The number of sulfonamides is 1. The van der Waals surface area contributed by atoms with Crippen LogP contribution in [0.15, 0.2) is 40.6 Å². The van der Waals surface area contributed by atoms with Crippen LogP contribution in [0, 0.1) is 12.7 Å². The van der Waals surface area contributed by atoms with Gasteiger partial charge in [-0.2, -0.15) is 4.31 Å². The third kappa shape index (κ3) is 3.75. The lowest BCUT2D eigenvalue weighted by atomic mass is 10.2. The lowest BCUT2D eigenvalue weighted by molar-refractivity contribution is -0.124. The first-order chi connectivity index (χ1) is 11.9. The molecule has 1 saturated heterocycles. The second kappa shape index (κ2) is 7.23. The van der Waals surface area contributed by atoms with Crippen molar-refractivity contribution in [3.8, 4) is 0 Å². The van der Waals surface area contributed by atoms with Gasteiger partial charge in [-0.15, -0.1) is 11.3 Å². The summed E-state index contributed by atoms with van der Waals surface area (Å²) in [4.78, 5) is 13.4. The summed E-state index contributed by atoms with van der Waals surface area (Å²) in [6.07, 6.45) is 1.09. The quantitative estimate of drug-likeness (QED) is 0.865. The van der Waals surface area contributed by atoms with Crippen LogP contribution < -0.4 is 5.32 Å². The summed E-state index contributed by atoms with van der Waals surface area (Å²) in [6, 6.07) is 8.76. The second-order valence-electron chi connectivity index (χ2n) is 5.95. The van der Waals surface area contributed by atoms with Crippen LogP contribution in [-0.4, -0.2) is 31.2 Å². The molecule has 2 aromatic rings. The van der Waals surface area contributed by atoms with Gasteiger partial charge in [0, 0.05) is 23.5 Å². The van der Waals surface area contributed by atoms with E-state index in [2.05, 4.69) is 5.32 Å². The van der Waals surface area contributed by atoms with Crippen LogP contribution in [0.4, 0.5) is 4.39 Å². The van der Waals surface area contributed by atoms with Gasteiger partial charge >= 0.3 is 0 Å². The first-order valence-corrected chi connectivity index (χ1v) is 10.2. The number of carbonyl (C=O) groups excluding carboxylic acids is 1. The fourth-order valence-electron chi connectivity index (χ4n) is 2.90. The number of hydrogen-bond donors (Lipinski definition) is 1. The predicted molar refractivity (Wildman–Crippen MR) is 94.2 cm³/mol. The van der Waals surface area contributed by atoms with E-state index in [-0.39, 0.29) is 10.8 Å². The number of nitrogens with one attached hydrogen (secondary N) is 1. The summed E-state index contributed by atoms with van der Waals surface area (Å²) in [5.41, 5.74) is 0.372. The van der Waals surface area contributed by atoms with Crippen LogP contribution in [0.1, 0.15) is 23.3 Å². The number of thiophene rings is 1. The van der Waals surface area contributed by atoms with E-state index < -0.39 is 27.8 Å². The molecule has 1 aliphatic heterocycles. The molecular formula is C17H19FN2O3S2. The summed E-state index contributed by atoms with van der Waals surface area (Å²) in [6.45, 7) is 2.19. The Hall–Kier alpha value is -1.77. The van der Waals surface area contributed by atoms with Crippen LogP contribution in [0.25, 0.3) is 0 Å². The molecule has 1 atom stereocenters. The molecule has 1 aromatic carbocycles.